The van der Waals surface area contributed by atoms with E-state index in [4.69, 9.17) is 14.2 Å². The summed E-state index contributed by atoms with van der Waals surface area (Å²) in [7, 11) is 3.01. The number of hydrogen-bond donors (Lipinski definition) is 1. The smallest absolute Gasteiger partial charge is 0.373 e. The van der Waals surface area contributed by atoms with Crippen LogP contribution in [0.3, 0.4) is 0 Å². The molecule has 9 nitrogen and oxygen atoms in total. The van der Waals surface area contributed by atoms with Crippen molar-refractivity contribution in [3.63, 3.8) is 0 Å². The maximum Gasteiger partial charge on any atom is 0.373 e. The van der Waals surface area contributed by atoms with Crippen molar-refractivity contribution in [2.75, 3.05) is 19.5 Å². The van der Waals surface area contributed by atoms with Crippen LogP contribution in [-0.4, -0.2) is 29.1 Å². The molecule has 0 saturated heterocycles. The number of hydrogen-bond acceptors (Lipinski definition) is 8. The molecule has 10 heteroatoms. The molecule has 0 aliphatic rings. The lowest BCUT2D eigenvalue weighted by Gasteiger charge is -2.13. The Balaban J connectivity index is 1.98. The Labute approximate surface area is 168 Å². The summed E-state index contributed by atoms with van der Waals surface area (Å²) in [5, 5.41) is 14.6. The van der Waals surface area contributed by atoms with Crippen molar-refractivity contribution in [2.24, 2.45) is 0 Å². The van der Waals surface area contributed by atoms with Gasteiger partial charge in [0.05, 0.1) is 24.8 Å². The normalized spacial score (nSPS) is 10.2. The Morgan fingerprint density at radius 1 is 1.04 bits per heavy atom. The van der Waals surface area contributed by atoms with Gasteiger partial charge in [0.15, 0.2) is 0 Å². The summed E-state index contributed by atoms with van der Waals surface area (Å²) in [6.45, 7) is 0. The van der Waals surface area contributed by atoms with Gasteiger partial charge in [-0.25, -0.2) is 4.98 Å². The average Bonchev–Trinajstić information content (AvgIpc) is 2.70. The molecule has 3 rings (SSSR count). The summed E-state index contributed by atoms with van der Waals surface area (Å²) < 4.78 is 16.9. The highest BCUT2D eigenvalue weighted by Crippen LogP contribution is 2.38. The van der Waals surface area contributed by atoms with Gasteiger partial charge in [-0.15, -0.1) is 0 Å². The number of anilines is 2. The minimum atomic E-state index is -0.605. The molecule has 0 amide bonds. The molecule has 1 N–H and O–H groups in total. The third-order valence-electron chi connectivity index (χ3n) is 3.66. The second-order valence-corrected chi connectivity index (χ2v) is 6.30. The fraction of sp³-hybridized carbons (Fsp3) is 0.111. The van der Waals surface area contributed by atoms with Gasteiger partial charge in [-0.1, -0.05) is 15.9 Å². The Bertz CT molecular complexity index is 998. The molecule has 0 atom stereocenters. The molecule has 144 valence electrons. The van der Waals surface area contributed by atoms with E-state index in [9.17, 15) is 10.1 Å². The van der Waals surface area contributed by atoms with E-state index >= 15 is 0 Å². The number of nitro groups is 1. The van der Waals surface area contributed by atoms with Gasteiger partial charge in [-0.2, -0.15) is 4.98 Å². The second-order valence-electron chi connectivity index (χ2n) is 5.38. The lowest BCUT2D eigenvalue weighted by Crippen LogP contribution is -2.04. The molecular formula is C18H15BrN4O5. The number of aromatic nitrogens is 2. The first-order chi connectivity index (χ1) is 13.5. The van der Waals surface area contributed by atoms with Crippen molar-refractivity contribution in [3.8, 4) is 23.1 Å². The Morgan fingerprint density at radius 3 is 2.39 bits per heavy atom. The minimum Gasteiger partial charge on any atom is -0.497 e. The number of benzene rings is 2. The summed E-state index contributed by atoms with van der Waals surface area (Å²) in [6, 6.07) is 11.8. The molecular weight excluding hydrogens is 432 g/mol. The Morgan fingerprint density at radius 2 is 1.75 bits per heavy atom. The molecule has 0 fully saturated rings. The molecule has 28 heavy (non-hydrogen) atoms. The van der Waals surface area contributed by atoms with Gasteiger partial charge < -0.3 is 19.5 Å². The number of methoxy groups -OCH3 is 2. The summed E-state index contributed by atoms with van der Waals surface area (Å²) in [4.78, 5) is 19.0. The van der Waals surface area contributed by atoms with Crippen LogP contribution in [0.25, 0.3) is 0 Å². The van der Waals surface area contributed by atoms with Gasteiger partial charge >= 0.3 is 11.6 Å². The van der Waals surface area contributed by atoms with Crippen LogP contribution < -0.4 is 19.5 Å². The van der Waals surface area contributed by atoms with Crippen LogP contribution >= 0.6 is 15.9 Å². The molecule has 2 aromatic carbocycles. The van der Waals surface area contributed by atoms with Crippen LogP contribution in [-0.2, 0) is 0 Å². The van der Waals surface area contributed by atoms with Gasteiger partial charge in [0, 0.05) is 10.5 Å². The van der Waals surface area contributed by atoms with E-state index < -0.39 is 10.6 Å². The fourth-order valence-electron chi connectivity index (χ4n) is 2.34. The highest BCUT2D eigenvalue weighted by atomic mass is 79.9. The van der Waals surface area contributed by atoms with Gasteiger partial charge in [0.1, 0.15) is 23.6 Å². The first-order valence-electron chi connectivity index (χ1n) is 7.93. The number of nitrogens with zero attached hydrogens (tertiary/aromatic N) is 3. The average molecular weight is 447 g/mol. The molecule has 1 heterocycles. The second kappa shape index (κ2) is 8.53. The van der Waals surface area contributed by atoms with Crippen molar-refractivity contribution >= 4 is 33.1 Å². The van der Waals surface area contributed by atoms with Crippen LogP contribution in [0.2, 0.25) is 0 Å². The molecule has 1 aromatic heterocycles. The van der Waals surface area contributed by atoms with Crippen molar-refractivity contribution in [2.45, 2.75) is 0 Å². The largest absolute Gasteiger partial charge is 0.497 e. The van der Waals surface area contributed by atoms with Crippen LogP contribution in [0.4, 0.5) is 17.2 Å². The predicted molar refractivity (Wildman–Crippen MR) is 106 cm³/mol. The first-order valence-corrected chi connectivity index (χ1v) is 8.73. The monoisotopic (exact) mass is 446 g/mol. The van der Waals surface area contributed by atoms with E-state index in [1.807, 2.05) is 0 Å². The zero-order chi connectivity index (χ0) is 20.1. The minimum absolute atomic E-state index is 0.0319. The zero-order valence-corrected chi connectivity index (χ0v) is 16.5. The molecule has 0 radical (unpaired) electrons. The molecule has 3 aromatic rings. The third kappa shape index (κ3) is 4.29. The van der Waals surface area contributed by atoms with Gasteiger partial charge in [0.25, 0.3) is 0 Å². The lowest BCUT2D eigenvalue weighted by molar-refractivity contribution is -0.385. The third-order valence-corrected chi connectivity index (χ3v) is 4.19. The van der Waals surface area contributed by atoms with Crippen LogP contribution in [0, 0.1) is 10.1 Å². The standard InChI is InChI=1S/C18H15BrN4O5/c1-26-13-7-8-14(15(9-13)27-2)22-17-16(23(24)25)18(21-10-20-17)28-12-5-3-11(19)4-6-12/h3-10H,1-2H3,(H,20,21,22). The molecule has 0 bridgehead atoms. The van der Waals surface area contributed by atoms with E-state index in [0.29, 0.717) is 22.9 Å². The van der Waals surface area contributed by atoms with Crippen LogP contribution in [0.1, 0.15) is 0 Å². The Kier molecular flexibility index (Phi) is 5.90. The molecule has 0 unspecified atom stereocenters. The summed E-state index contributed by atoms with van der Waals surface area (Å²) in [6.07, 6.45) is 1.18. The Hall–Kier alpha value is -3.40. The van der Waals surface area contributed by atoms with Crippen molar-refractivity contribution in [1.82, 2.24) is 9.97 Å². The molecule has 0 aliphatic carbocycles. The van der Waals surface area contributed by atoms with Crippen LogP contribution in [0.5, 0.6) is 23.1 Å². The molecule has 0 aliphatic heterocycles. The van der Waals surface area contributed by atoms with Gasteiger partial charge in [0.2, 0.25) is 5.82 Å². The van der Waals surface area contributed by atoms with E-state index in [1.54, 1.807) is 42.5 Å². The maximum absolute atomic E-state index is 11.7. The zero-order valence-electron chi connectivity index (χ0n) is 14.9. The highest BCUT2D eigenvalue weighted by Gasteiger charge is 2.26. The summed E-state index contributed by atoms with van der Waals surface area (Å²) in [5.74, 6) is 1.20. The number of ether oxygens (including phenoxy) is 3. The number of halogens is 1. The molecule has 0 spiro atoms. The van der Waals surface area contributed by atoms with Crippen LogP contribution in [0.15, 0.2) is 53.3 Å². The molecule has 0 saturated carbocycles. The number of rotatable bonds is 7. The van der Waals surface area contributed by atoms with E-state index in [0.717, 1.165) is 4.47 Å². The predicted octanol–water partition coefficient (Wildman–Crippen LogP) is 4.70. The van der Waals surface area contributed by atoms with E-state index in [1.165, 1.54) is 20.5 Å². The quantitative estimate of drug-likeness (QED) is 0.410. The fourth-order valence-corrected chi connectivity index (χ4v) is 2.60. The number of nitrogens with one attached hydrogen (secondary N) is 1. The lowest BCUT2D eigenvalue weighted by atomic mass is 10.2. The highest BCUT2D eigenvalue weighted by molar-refractivity contribution is 9.10. The van der Waals surface area contributed by atoms with Crippen molar-refractivity contribution in [3.05, 3.63) is 63.4 Å². The summed E-state index contributed by atoms with van der Waals surface area (Å²) in [5.41, 5.74) is 0.0722. The summed E-state index contributed by atoms with van der Waals surface area (Å²) >= 11 is 3.32. The first kappa shape index (κ1) is 19.4. The van der Waals surface area contributed by atoms with E-state index in [-0.39, 0.29) is 11.7 Å². The SMILES string of the molecule is COc1ccc(Nc2ncnc(Oc3ccc(Br)cc3)c2[N+](=O)[O-])c(OC)c1. The van der Waals surface area contributed by atoms with E-state index in [2.05, 4.69) is 31.2 Å². The van der Waals surface area contributed by atoms with Crippen molar-refractivity contribution < 1.29 is 19.1 Å². The van der Waals surface area contributed by atoms with Crippen molar-refractivity contribution in [1.29, 1.82) is 0 Å². The van der Waals surface area contributed by atoms with Gasteiger partial charge in [-0.05, 0) is 36.4 Å². The maximum atomic E-state index is 11.7. The topological polar surface area (TPSA) is 109 Å². The van der Waals surface area contributed by atoms with Gasteiger partial charge in [-0.3, -0.25) is 10.1 Å².